The van der Waals surface area contributed by atoms with Gasteiger partial charge in [0.25, 0.3) is 5.91 Å². The van der Waals surface area contributed by atoms with Crippen LogP contribution < -0.4 is 5.32 Å². The van der Waals surface area contributed by atoms with Crippen LogP contribution in [-0.2, 0) is 22.6 Å². The monoisotopic (exact) mass is 402 g/mol. The molecular weight excluding hydrogens is 372 g/mol. The van der Waals surface area contributed by atoms with Crippen molar-refractivity contribution in [2.45, 2.75) is 58.7 Å². The zero-order valence-corrected chi connectivity index (χ0v) is 17.2. The molecule has 29 heavy (non-hydrogen) atoms. The van der Waals surface area contributed by atoms with Crippen molar-refractivity contribution in [3.8, 4) is 0 Å². The van der Waals surface area contributed by atoms with Crippen molar-refractivity contribution >= 4 is 11.8 Å². The lowest BCUT2D eigenvalue weighted by molar-refractivity contribution is -0.133. The Hall–Kier alpha value is -2.61. The molecule has 2 aromatic heterocycles. The number of oxazole rings is 1. The van der Waals surface area contributed by atoms with Crippen molar-refractivity contribution in [1.82, 2.24) is 19.8 Å². The zero-order chi connectivity index (χ0) is 20.6. The lowest BCUT2D eigenvalue weighted by atomic mass is 10.2. The summed E-state index contributed by atoms with van der Waals surface area (Å²) in [5.74, 6) is 0.335. The lowest BCUT2D eigenvalue weighted by Gasteiger charge is -2.25. The first-order chi connectivity index (χ1) is 14.1. The molecule has 1 N–H and O–H groups in total. The third kappa shape index (κ3) is 5.69. The van der Waals surface area contributed by atoms with Crippen molar-refractivity contribution < 1.29 is 18.7 Å². The van der Waals surface area contributed by atoms with Crippen LogP contribution in [0.3, 0.4) is 0 Å². The summed E-state index contributed by atoms with van der Waals surface area (Å²) in [6.07, 6.45) is 6.79. The van der Waals surface area contributed by atoms with Crippen molar-refractivity contribution in [1.29, 1.82) is 0 Å². The number of hydrogen-bond acceptors (Lipinski definition) is 5. The van der Waals surface area contributed by atoms with Crippen molar-refractivity contribution in [3.63, 3.8) is 0 Å². The topological polar surface area (TPSA) is 89.6 Å². The van der Waals surface area contributed by atoms with Crippen LogP contribution in [-0.4, -0.2) is 52.1 Å². The molecule has 3 heterocycles. The van der Waals surface area contributed by atoms with Crippen LogP contribution in [0.25, 0.3) is 0 Å². The molecule has 3 rings (SSSR count). The van der Waals surface area contributed by atoms with Gasteiger partial charge in [-0.25, -0.2) is 4.98 Å². The lowest BCUT2D eigenvalue weighted by Crippen LogP contribution is -2.37. The fraction of sp³-hybridized carbons (Fsp3) is 0.571. The normalized spacial score (nSPS) is 16.1. The number of nitrogens with zero attached hydrogens (tertiary/aromatic N) is 3. The van der Waals surface area contributed by atoms with Gasteiger partial charge in [-0.05, 0) is 31.4 Å². The van der Waals surface area contributed by atoms with Gasteiger partial charge >= 0.3 is 0 Å². The van der Waals surface area contributed by atoms with Crippen LogP contribution in [0, 0.1) is 0 Å². The maximum Gasteiger partial charge on any atom is 0.273 e. The minimum absolute atomic E-state index is 0.110. The van der Waals surface area contributed by atoms with Crippen molar-refractivity contribution in [2.75, 3.05) is 19.7 Å². The highest BCUT2D eigenvalue weighted by atomic mass is 16.5. The van der Waals surface area contributed by atoms with E-state index in [0.29, 0.717) is 38.5 Å². The van der Waals surface area contributed by atoms with Gasteiger partial charge in [0.1, 0.15) is 6.26 Å². The quantitative estimate of drug-likeness (QED) is 0.660. The second-order valence-electron chi connectivity index (χ2n) is 7.27. The first kappa shape index (κ1) is 21.1. The van der Waals surface area contributed by atoms with Crippen LogP contribution in [0.2, 0.25) is 0 Å². The first-order valence-electron chi connectivity index (χ1n) is 10.4. The first-order valence-corrected chi connectivity index (χ1v) is 10.4. The van der Waals surface area contributed by atoms with Crippen LogP contribution in [0.5, 0.6) is 0 Å². The zero-order valence-electron chi connectivity index (χ0n) is 17.2. The molecule has 2 aromatic rings. The Balaban J connectivity index is 1.65. The number of hydrogen-bond donors (Lipinski definition) is 1. The second kappa shape index (κ2) is 10.2. The minimum atomic E-state index is -0.231. The van der Waals surface area contributed by atoms with Crippen LogP contribution in [0.15, 0.2) is 29.0 Å². The Morgan fingerprint density at radius 2 is 2.24 bits per heavy atom. The Bertz CT molecular complexity index is 807. The molecule has 1 aliphatic heterocycles. The largest absolute Gasteiger partial charge is 0.446 e. The number of ether oxygens (including phenoxy) is 1. The van der Waals surface area contributed by atoms with Crippen LogP contribution in [0.4, 0.5) is 0 Å². The van der Waals surface area contributed by atoms with E-state index in [4.69, 9.17) is 9.15 Å². The third-order valence-electron chi connectivity index (χ3n) is 5.01. The van der Waals surface area contributed by atoms with Crippen molar-refractivity contribution in [3.05, 3.63) is 41.9 Å². The molecule has 8 heteroatoms. The number of carbonyl (C=O) groups is 2. The Kier molecular flexibility index (Phi) is 7.46. The van der Waals surface area contributed by atoms with Gasteiger partial charge in [0, 0.05) is 38.0 Å². The van der Waals surface area contributed by atoms with Crippen LogP contribution in [0.1, 0.15) is 61.6 Å². The molecule has 0 unspecified atom stereocenters. The Labute approximate surface area is 171 Å². The number of carbonyl (C=O) groups excluding carboxylic acids is 2. The summed E-state index contributed by atoms with van der Waals surface area (Å²) in [7, 11) is 0. The number of amides is 2. The fourth-order valence-electron chi connectivity index (χ4n) is 3.42. The summed E-state index contributed by atoms with van der Waals surface area (Å²) in [6.45, 7) is 6.76. The molecule has 1 atom stereocenters. The molecule has 0 aromatic carbocycles. The van der Waals surface area contributed by atoms with Crippen molar-refractivity contribution in [2.24, 2.45) is 0 Å². The molecule has 1 fully saturated rings. The number of nitrogens with one attached hydrogen (secondary N) is 1. The molecule has 0 bridgehead atoms. The van der Waals surface area contributed by atoms with Gasteiger partial charge in [0.15, 0.2) is 5.69 Å². The molecule has 2 amide bonds. The molecule has 1 saturated heterocycles. The van der Waals surface area contributed by atoms with E-state index in [0.717, 1.165) is 31.6 Å². The van der Waals surface area contributed by atoms with E-state index in [1.807, 2.05) is 41.6 Å². The SMILES string of the molecule is CCCNC(=O)c1coc(Cn2cccc2CN(C[C@H]2CCCO2)C(=O)CC)n1. The molecule has 0 spiro atoms. The highest BCUT2D eigenvalue weighted by Crippen LogP contribution is 2.17. The maximum absolute atomic E-state index is 12.4. The van der Waals surface area contributed by atoms with Gasteiger partial charge < -0.3 is 23.9 Å². The van der Waals surface area contributed by atoms with Gasteiger partial charge in [0.05, 0.1) is 19.2 Å². The Morgan fingerprint density at radius 3 is 2.97 bits per heavy atom. The van der Waals surface area contributed by atoms with E-state index < -0.39 is 0 Å². The minimum Gasteiger partial charge on any atom is -0.446 e. The van der Waals surface area contributed by atoms with E-state index in [1.54, 1.807) is 0 Å². The summed E-state index contributed by atoms with van der Waals surface area (Å²) in [4.78, 5) is 30.6. The average molecular weight is 402 g/mol. The van der Waals surface area contributed by atoms with Gasteiger partial charge in [0.2, 0.25) is 11.8 Å². The van der Waals surface area contributed by atoms with E-state index in [1.165, 1.54) is 6.26 Å². The third-order valence-corrected chi connectivity index (χ3v) is 5.01. The van der Waals surface area contributed by atoms with Gasteiger partial charge in [-0.3, -0.25) is 9.59 Å². The van der Waals surface area contributed by atoms with E-state index in [2.05, 4.69) is 10.3 Å². The predicted molar refractivity (Wildman–Crippen MR) is 107 cm³/mol. The van der Waals surface area contributed by atoms with Crippen LogP contribution >= 0.6 is 0 Å². The van der Waals surface area contributed by atoms with Gasteiger partial charge in [-0.1, -0.05) is 13.8 Å². The highest BCUT2D eigenvalue weighted by molar-refractivity contribution is 5.91. The molecule has 0 aliphatic carbocycles. The summed E-state index contributed by atoms with van der Waals surface area (Å²) in [5, 5.41) is 2.79. The molecular formula is C21H30N4O4. The second-order valence-corrected chi connectivity index (χ2v) is 7.27. The average Bonchev–Trinajstić information content (AvgIpc) is 3.48. The van der Waals surface area contributed by atoms with Gasteiger partial charge in [-0.15, -0.1) is 0 Å². The summed E-state index contributed by atoms with van der Waals surface area (Å²) in [5.41, 5.74) is 1.27. The number of aromatic nitrogens is 2. The summed E-state index contributed by atoms with van der Waals surface area (Å²) in [6, 6.07) is 3.93. The van der Waals surface area contributed by atoms with E-state index >= 15 is 0 Å². The maximum atomic E-state index is 12.4. The Morgan fingerprint density at radius 1 is 1.38 bits per heavy atom. The summed E-state index contributed by atoms with van der Waals surface area (Å²) < 4.78 is 13.2. The fourth-order valence-corrected chi connectivity index (χ4v) is 3.42. The smallest absolute Gasteiger partial charge is 0.273 e. The van der Waals surface area contributed by atoms with E-state index in [-0.39, 0.29) is 23.6 Å². The van der Waals surface area contributed by atoms with Gasteiger partial charge in [-0.2, -0.15) is 0 Å². The molecule has 158 valence electrons. The van der Waals surface area contributed by atoms with E-state index in [9.17, 15) is 9.59 Å². The predicted octanol–water partition coefficient (Wildman–Crippen LogP) is 2.58. The summed E-state index contributed by atoms with van der Waals surface area (Å²) >= 11 is 0. The highest BCUT2D eigenvalue weighted by Gasteiger charge is 2.23. The standard InChI is InChI=1S/C21H30N4O4/c1-3-9-22-21(27)18-15-29-19(23-18)14-24-10-5-7-16(24)12-25(20(26)4-2)13-17-8-6-11-28-17/h5,7,10,15,17H,3-4,6,8-9,11-14H2,1-2H3,(H,22,27)/t17-/m1/s1. The molecule has 0 radical (unpaired) electrons. The molecule has 0 saturated carbocycles. The number of rotatable bonds is 10. The molecule has 1 aliphatic rings. The molecule has 8 nitrogen and oxygen atoms in total.